The lowest BCUT2D eigenvalue weighted by Crippen LogP contribution is -2.49. The highest BCUT2D eigenvalue weighted by Gasteiger charge is 2.20. The number of hydrogen-bond donors (Lipinski definition) is 2. The molecule has 18 heavy (non-hydrogen) atoms. The predicted molar refractivity (Wildman–Crippen MR) is 77.0 cm³/mol. The van der Waals surface area contributed by atoms with Crippen LogP contribution in [0.15, 0.2) is 24.3 Å². The van der Waals surface area contributed by atoms with Crippen molar-refractivity contribution in [3.63, 3.8) is 0 Å². The van der Waals surface area contributed by atoms with Gasteiger partial charge >= 0.3 is 0 Å². The summed E-state index contributed by atoms with van der Waals surface area (Å²) in [5, 5.41) is 6.26. The smallest absolute Gasteiger partial charge is 0.238 e. The zero-order valence-electron chi connectivity index (χ0n) is 10.7. The van der Waals surface area contributed by atoms with Gasteiger partial charge in [-0.25, -0.2) is 0 Å². The van der Waals surface area contributed by atoms with Gasteiger partial charge in [-0.1, -0.05) is 24.3 Å². The van der Waals surface area contributed by atoms with Crippen LogP contribution >= 0.6 is 11.8 Å². The highest BCUT2D eigenvalue weighted by atomic mass is 32.2. The molecule has 1 unspecified atom stereocenters. The molecule has 2 rings (SSSR count). The first-order valence-corrected chi connectivity index (χ1v) is 7.56. The van der Waals surface area contributed by atoms with Crippen LogP contribution in [0.3, 0.4) is 0 Å². The number of carbonyl (C=O) groups excluding carboxylic acids is 1. The quantitative estimate of drug-likeness (QED) is 0.863. The molecule has 0 aromatic heterocycles. The van der Waals surface area contributed by atoms with E-state index in [2.05, 4.69) is 29.7 Å². The van der Waals surface area contributed by atoms with Gasteiger partial charge in [-0.15, -0.1) is 0 Å². The number of rotatable bonds is 4. The Morgan fingerprint density at radius 2 is 2.33 bits per heavy atom. The standard InChI is InChI=1S/C14H20N2OS/c1-11-4-2-3-5-12(11)6-7-16-14(17)13-10-18-9-8-15-13/h2-5,13,15H,6-10H2,1H3,(H,16,17). The fourth-order valence-electron chi connectivity index (χ4n) is 2.07. The fourth-order valence-corrected chi connectivity index (χ4v) is 3.00. The minimum absolute atomic E-state index is 0.0133. The van der Waals surface area contributed by atoms with E-state index in [9.17, 15) is 4.79 Å². The van der Waals surface area contributed by atoms with Crippen LogP contribution in [0.5, 0.6) is 0 Å². The molecule has 0 spiro atoms. The van der Waals surface area contributed by atoms with Crippen molar-refractivity contribution in [2.45, 2.75) is 19.4 Å². The molecule has 0 radical (unpaired) electrons. The Hall–Kier alpha value is -1.000. The molecule has 0 aliphatic carbocycles. The second-order valence-corrected chi connectivity index (χ2v) is 5.70. The minimum Gasteiger partial charge on any atom is -0.354 e. The number of aryl methyl sites for hydroxylation is 1. The van der Waals surface area contributed by atoms with Gasteiger partial charge in [-0.05, 0) is 24.5 Å². The van der Waals surface area contributed by atoms with Crippen molar-refractivity contribution in [2.24, 2.45) is 0 Å². The van der Waals surface area contributed by atoms with Crippen LogP contribution in [0.2, 0.25) is 0 Å². The molecule has 1 aliphatic heterocycles. The van der Waals surface area contributed by atoms with Crippen LogP contribution in [-0.4, -0.2) is 36.5 Å². The van der Waals surface area contributed by atoms with E-state index in [0.29, 0.717) is 6.54 Å². The molecule has 1 heterocycles. The summed E-state index contributed by atoms with van der Waals surface area (Å²) in [5.74, 6) is 2.12. The first kappa shape index (κ1) is 13.4. The molecule has 1 aromatic carbocycles. The molecule has 1 saturated heterocycles. The minimum atomic E-state index is -0.0133. The molecule has 3 nitrogen and oxygen atoms in total. The Labute approximate surface area is 113 Å². The predicted octanol–water partition coefficient (Wildman–Crippen LogP) is 1.36. The van der Waals surface area contributed by atoms with Crippen LogP contribution in [0.4, 0.5) is 0 Å². The molecule has 98 valence electrons. The van der Waals surface area contributed by atoms with Gasteiger partial charge in [0.2, 0.25) is 5.91 Å². The molecule has 1 amide bonds. The zero-order valence-corrected chi connectivity index (χ0v) is 11.6. The summed E-state index contributed by atoms with van der Waals surface area (Å²) in [7, 11) is 0. The first-order chi connectivity index (χ1) is 8.77. The topological polar surface area (TPSA) is 41.1 Å². The number of benzene rings is 1. The van der Waals surface area contributed by atoms with Crippen LogP contribution in [-0.2, 0) is 11.2 Å². The molecule has 0 saturated carbocycles. The summed E-state index contributed by atoms with van der Waals surface area (Å²) in [4.78, 5) is 11.9. The van der Waals surface area contributed by atoms with E-state index in [1.165, 1.54) is 11.1 Å². The van der Waals surface area contributed by atoms with Gasteiger partial charge < -0.3 is 10.6 Å². The third-order valence-corrected chi connectivity index (χ3v) is 4.25. The fraction of sp³-hybridized carbons (Fsp3) is 0.500. The lowest BCUT2D eigenvalue weighted by atomic mass is 10.1. The molecule has 1 atom stereocenters. The first-order valence-electron chi connectivity index (χ1n) is 6.41. The molecule has 2 N–H and O–H groups in total. The normalized spacial score (nSPS) is 19.5. The highest BCUT2D eigenvalue weighted by Crippen LogP contribution is 2.08. The molecule has 1 aliphatic rings. The largest absolute Gasteiger partial charge is 0.354 e. The van der Waals surface area contributed by atoms with Crippen molar-refractivity contribution < 1.29 is 4.79 Å². The average Bonchev–Trinajstić information content (AvgIpc) is 2.42. The van der Waals surface area contributed by atoms with E-state index < -0.39 is 0 Å². The van der Waals surface area contributed by atoms with E-state index in [1.807, 2.05) is 23.9 Å². The lowest BCUT2D eigenvalue weighted by Gasteiger charge is -2.22. The van der Waals surface area contributed by atoms with Gasteiger partial charge in [0.25, 0.3) is 0 Å². The van der Waals surface area contributed by atoms with Crippen LogP contribution in [0.25, 0.3) is 0 Å². The maximum absolute atomic E-state index is 11.9. The van der Waals surface area contributed by atoms with Crippen molar-refractivity contribution in [3.8, 4) is 0 Å². The number of amides is 1. The number of thioether (sulfide) groups is 1. The second-order valence-electron chi connectivity index (χ2n) is 4.55. The third kappa shape index (κ3) is 3.75. The summed E-state index contributed by atoms with van der Waals surface area (Å²) < 4.78 is 0. The summed E-state index contributed by atoms with van der Waals surface area (Å²) in [5.41, 5.74) is 2.60. The van der Waals surface area contributed by atoms with Crippen LogP contribution in [0.1, 0.15) is 11.1 Å². The zero-order chi connectivity index (χ0) is 12.8. The van der Waals surface area contributed by atoms with E-state index in [0.717, 1.165) is 24.5 Å². The van der Waals surface area contributed by atoms with E-state index in [1.54, 1.807) is 0 Å². The monoisotopic (exact) mass is 264 g/mol. The Morgan fingerprint density at radius 1 is 1.50 bits per heavy atom. The van der Waals surface area contributed by atoms with Gasteiger partial charge in [-0.3, -0.25) is 4.79 Å². The number of carbonyl (C=O) groups is 1. The van der Waals surface area contributed by atoms with Gasteiger partial charge in [0.15, 0.2) is 0 Å². The number of nitrogens with one attached hydrogen (secondary N) is 2. The van der Waals surface area contributed by atoms with Gasteiger partial charge in [-0.2, -0.15) is 11.8 Å². The van der Waals surface area contributed by atoms with Crippen molar-refractivity contribution in [1.29, 1.82) is 0 Å². The summed E-state index contributed by atoms with van der Waals surface area (Å²) in [6.07, 6.45) is 0.901. The van der Waals surface area contributed by atoms with Crippen molar-refractivity contribution in [1.82, 2.24) is 10.6 Å². The molecule has 4 heteroatoms. The third-order valence-electron chi connectivity index (χ3n) is 3.19. The molecule has 1 aromatic rings. The number of hydrogen-bond acceptors (Lipinski definition) is 3. The molecular weight excluding hydrogens is 244 g/mol. The van der Waals surface area contributed by atoms with Crippen molar-refractivity contribution in [3.05, 3.63) is 35.4 Å². The Bertz CT molecular complexity index is 403. The maximum Gasteiger partial charge on any atom is 0.238 e. The summed E-state index contributed by atoms with van der Waals surface area (Å²) in [6, 6.07) is 8.30. The summed E-state index contributed by atoms with van der Waals surface area (Å²) >= 11 is 1.84. The molecule has 1 fully saturated rings. The van der Waals surface area contributed by atoms with E-state index in [4.69, 9.17) is 0 Å². The van der Waals surface area contributed by atoms with E-state index >= 15 is 0 Å². The molecule has 0 bridgehead atoms. The van der Waals surface area contributed by atoms with Crippen molar-refractivity contribution >= 4 is 17.7 Å². The van der Waals surface area contributed by atoms with Gasteiger partial charge in [0.1, 0.15) is 0 Å². The van der Waals surface area contributed by atoms with Crippen LogP contribution < -0.4 is 10.6 Å². The highest BCUT2D eigenvalue weighted by molar-refractivity contribution is 7.99. The lowest BCUT2D eigenvalue weighted by molar-refractivity contribution is -0.122. The Balaban J connectivity index is 1.75. The Kier molecular flexibility index (Phi) is 5.08. The van der Waals surface area contributed by atoms with E-state index in [-0.39, 0.29) is 11.9 Å². The van der Waals surface area contributed by atoms with Gasteiger partial charge in [0.05, 0.1) is 6.04 Å². The maximum atomic E-state index is 11.9. The SMILES string of the molecule is Cc1ccccc1CCNC(=O)C1CSCCN1. The summed E-state index contributed by atoms with van der Waals surface area (Å²) in [6.45, 7) is 3.75. The second kappa shape index (κ2) is 6.81. The van der Waals surface area contributed by atoms with Crippen LogP contribution in [0, 0.1) is 6.92 Å². The average molecular weight is 264 g/mol. The van der Waals surface area contributed by atoms with Crippen molar-refractivity contribution in [2.75, 3.05) is 24.6 Å². The Morgan fingerprint density at radius 3 is 3.06 bits per heavy atom. The van der Waals surface area contributed by atoms with Gasteiger partial charge in [0, 0.05) is 24.6 Å². The molecular formula is C14H20N2OS.